The van der Waals surface area contributed by atoms with E-state index in [4.69, 9.17) is 4.74 Å². The molecule has 0 spiro atoms. The molecular weight excluding hydrogens is 298 g/mol. The van der Waals surface area contributed by atoms with Crippen LogP contribution < -0.4 is 5.32 Å². The van der Waals surface area contributed by atoms with Crippen molar-refractivity contribution < 1.29 is 13.2 Å². The summed E-state index contributed by atoms with van der Waals surface area (Å²) in [4.78, 5) is 0. The molecule has 1 N–H and O–H groups in total. The lowest BCUT2D eigenvalue weighted by molar-refractivity contribution is 0.0252. The largest absolute Gasteiger partial charge is 0.381 e. The first-order valence-corrected chi connectivity index (χ1v) is 10.5. The van der Waals surface area contributed by atoms with Gasteiger partial charge in [0.05, 0.1) is 5.75 Å². The van der Waals surface area contributed by atoms with E-state index in [1.54, 1.807) is 0 Å². The van der Waals surface area contributed by atoms with Crippen molar-refractivity contribution in [2.24, 2.45) is 17.3 Å². The quantitative estimate of drug-likeness (QED) is 0.760. The number of sulfone groups is 1. The van der Waals surface area contributed by atoms with Gasteiger partial charge in [0.15, 0.2) is 0 Å². The van der Waals surface area contributed by atoms with Crippen LogP contribution in [0.2, 0.25) is 0 Å². The highest BCUT2D eigenvalue weighted by Crippen LogP contribution is 2.33. The molecule has 22 heavy (non-hydrogen) atoms. The van der Waals surface area contributed by atoms with E-state index in [1.165, 1.54) is 24.7 Å². The topological polar surface area (TPSA) is 55.4 Å². The van der Waals surface area contributed by atoms with Crippen LogP contribution in [0.25, 0.3) is 0 Å². The number of hydrogen-bond acceptors (Lipinski definition) is 4. The summed E-state index contributed by atoms with van der Waals surface area (Å²) < 4.78 is 29.0. The van der Waals surface area contributed by atoms with Gasteiger partial charge in [-0.1, -0.05) is 18.6 Å². The first kappa shape index (κ1) is 18.0. The highest BCUT2D eigenvalue weighted by atomic mass is 32.2. The molecule has 5 heteroatoms. The SMILES string of the molecule is CC1=CCCC(C)C1CNCC1(CS(C)(=O)=O)CCOCC1. The van der Waals surface area contributed by atoms with Crippen LogP contribution in [0, 0.1) is 17.3 Å². The van der Waals surface area contributed by atoms with Crippen LogP contribution in [0.3, 0.4) is 0 Å². The van der Waals surface area contributed by atoms with Crippen LogP contribution >= 0.6 is 0 Å². The van der Waals surface area contributed by atoms with Gasteiger partial charge in [0.25, 0.3) is 0 Å². The summed E-state index contributed by atoms with van der Waals surface area (Å²) in [6, 6.07) is 0. The van der Waals surface area contributed by atoms with E-state index in [0.717, 1.165) is 25.9 Å². The summed E-state index contributed by atoms with van der Waals surface area (Å²) in [6.45, 7) is 7.63. The first-order valence-electron chi connectivity index (χ1n) is 8.44. The molecule has 0 amide bonds. The van der Waals surface area contributed by atoms with Gasteiger partial charge in [-0.05, 0) is 44.4 Å². The third-order valence-electron chi connectivity index (χ3n) is 5.35. The van der Waals surface area contributed by atoms with Gasteiger partial charge in [0.2, 0.25) is 0 Å². The maximum Gasteiger partial charge on any atom is 0.148 e. The van der Waals surface area contributed by atoms with E-state index in [0.29, 0.717) is 25.0 Å². The van der Waals surface area contributed by atoms with Gasteiger partial charge in [-0.25, -0.2) is 8.42 Å². The molecule has 0 aromatic heterocycles. The molecule has 1 saturated heterocycles. The predicted octanol–water partition coefficient (Wildman–Crippen LogP) is 2.41. The molecule has 0 saturated carbocycles. The lowest BCUT2D eigenvalue weighted by Gasteiger charge is -2.38. The van der Waals surface area contributed by atoms with Gasteiger partial charge >= 0.3 is 0 Å². The number of hydrogen-bond donors (Lipinski definition) is 1. The lowest BCUT2D eigenvalue weighted by atomic mass is 9.79. The molecule has 0 bridgehead atoms. The maximum absolute atomic E-state index is 11.8. The van der Waals surface area contributed by atoms with Crippen molar-refractivity contribution >= 4 is 9.84 Å². The Hall–Kier alpha value is -0.390. The molecule has 0 aromatic carbocycles. The van der Waals surface area contributed by atoms with Gasteiger partial charge in [0, 0.05) is 38.0 Å². The van der Waals surface area contributed by atoms with Crippen molar-refractivity contribution in [3.63, 3.8) is 0 Å². The third kappa shape index (κ3) is 5.07. The molecular formula is C17H31NO3S. The second-order valence-electron chi connectivity index (χ2n) is 7.42. The molecule has 2 unspecified atom stereocenters. The minimum Gasteiger partial charge on any atom is -0.381 e. The third-order valence-corrected chi connectivity index (χ3v) is 6.48. The van der Waals surface area contributed by atoms with Crippen molar-refractivity contribution in [1.29, 1.82) is 0 Å². The molecule has 0 radical (unpaired) electrons. The van der Waals surface area contributed by atoms with Crippen molar-refractivity contribution in [2.45, 2.75) is 39.5 Å². The lowest BCUT2D eigenvalue weighted by Crippen LogP contribution is -2.45. The first-order chi connectivity index (χ1) is 10.3. The van der Waals surface area contributed by atoms with E-state index >= 15 is 0 Å². The molecule has 0 aromatic rings. The highest BCUT2D eigenvalue weighted by Gasteiger charge is 2.36. The molecule has 4 nitrogen and oxygen atoms in total. The van der Waals surface area contributed by atoms with Crippen molar-refractivity contribution in [3.8, 4) is 0 Å². The second-order valence-corrected chi connectivity index (χ2v) is 9.56. The average molecular weight is 330 g/mol. The Bertz CT molecular complexity index is 492. The van der Waals surface area contributed by atoms with Crippen LogP contribution in [-0.2, 0) is 14.6 Å². The molecule has 128 valence electrons. The highest BCUT2D eigenvalue weighted by molar-refractivity contribution is 7.90. The number of rotatable bonds is 6. The van der Waals surface area contributed by atoms with Crippen LogP contribution in [0.1, 0.15) is 39.5 Å². The van der Waals surface area contributed by atoms with Crippen LogP contribution in [0.15, 0.2) is 11.6 Å². The summed E-state index contributed by atoms with van der Waals surface area (Å²) in [7, 11) is -2.97. The Balaban J connectivity index is 1.94. The van der Waals surface area contributed by atoms with Gasteiger partial charge in [0.1, 0.15) is 9.84 Å². The minimum atomic E-state index is -2.97. The van der Waals surface area contributed by atoms with E-state index in [1.807, 2.05) is 0 Å². The van der Waals surface area contributed by atoms with Crippen LogP contribution in [0.4, 0.5) is 0 Å². The van der Waals surface area contributed by atoms with Crippen LogP contribution in [0.5, 0.6) is 0 Å². The predicted molar refractivity (Wildman–Crippen MR) is 90.7 cm³/mol. The zero-order valence-corrected chi connectivity index (χ0v) is 15.0. The number of allylic oxidation sites excluding steroid dienone is 1. The Kier molecular flexibility index (Phi) is 6.08. The van der Waals surface area contributed by atoms with E-state index in [9.17, 15) is 8.42 Å². The van der Waals surface area contributed by atoms with Gasteiger partial charge in [-0.3, -0.25) is 0 Å². The molecule has 1 aliphatic carbocycles. The maximum atomic E-state index is 11.8. The monoisotopic (exact) mass is 329 g/mol. The van der Waals surface area contributed by atoms with Crippen molar-refractivity contribution in [1.82, 2.24) is 5.32 Å². The number of ether oxygens (including phenoxy) is 1. The summed E-state index contributed by atoms with van der Waals surface area (Å²) >= 11 is 0. The Morgan fingerprint density at radius 3 is 2.64 bits per heavy atom. The summed E-state index contributed by atoms with van der Waals surface area (Å²) in [5, 5.41) is 3.59. The minimum absolute atomic E-state index is 0.151. The zero-order chi connectivity index (χ0) is 16.2. The fraction of sp³-hybridized carbons (Fsp3) is 0.882. The summed E-state index contributed by atoms with van der Waals surface area (Å²) in [5.41, 5.74) is 1.33. The second kappa shape index (κ2) is 7.45. The zero-order valence-electron chi connectivity index (χ0n) is 14.2. The van der Waals surface area contributed by atoms with E-state index in [2.05, 4.69) is 25.2 Å². The fourth-order valence-corrected chi connectivity index (χ4v) is 5.47. The molecule has 1 aliphatic heterocycles. The van der Waals surface area contributed by atoms with E-state index < -0.39 is 9.84 Å². The smallest absolute Gasteiger partial charge is 0.148 e. The average Bonchev–Trinajstić information content (AvgIpc) is 2.41. The van der Waals surface area contributed by atoms with Gasteiger partial charge in [-0.15, -0.1) is 0 Å². The van der Waals surface area contributed by atoms with Gasteiger partial charge < -0.3 is 10.1 Å². The van der Waals surface area contributed by atoms with Gasteiger partial charge in [-0.2, -0.15) is 0 Å². The molecule has 2 atom stereocenters. The van der Waals surface area contributed by atoms with Crippen molar-refractivity contribution in [3.05, 3.63) is 11.6 Å². The summed E-state index contributed by atoms with van der Waals surface area (Å²) in [5.74, 6) is 1.56. The fourth-order valence-electron chi connectivity index (χ4n) is 3.96. The Morgan fingerprint density at radius 1 is 1.36 bits per heavy atom. The van der Waals surface area contributed by atoms with E-state index in [-0.39, 0.29) is 11.2 Å². The van der Waals surface area contributed by atoms with Crippen LogP contribution in [-0.4, -0.2) is 46.7 Å². The molecule has 2 aliphatic rings. The normalized spacial score (nSPS) is 29.1. The Morgan fingerprint density at radius 2 is 2.05 bits per heavy atom. The number of nitrogens with one attached hydrogen (secondary N) is 1. The molecule has 2 rings (SSSR count). The standard InChI is InChI=1S/C17H31NO3S/c1-14-5-4-6-15(2)16(14)11-18-12-17(13-22(3,19)20)7-9-21-10-8-17/h5,15-16,18H,4,6-13H2,1-3H3. The molecule has 1 fully saturated rings. The van der Waals surface area contributed by atoms with Crippen molar-refractivity contribution in [2.75, 3.05) is 38.3 Å². The summed E-state index contributed by atoms with van der Waals surface area (Å²) in [6.07, 6.45) is 7.82. The Labute approximate surface area is 135 Å². The molecule has 1 heterocycles.